The van der Waals surface area contributed by atoms with Crippen molar-refractivity contribution in [3.8, 4) is 0 Å². The third kappa shape index (κ3) is 1.85. The van der Waals surface area contributed by atoms with Crippen LogP contribution in [0.2, 0.25) is 0 Å². The van der Waals surface area contributed by atoms with Crippen LogP contribution in [-0.2, 0) is 4.79 Å². The van der Waals surface area contributed by atoms with Crippen molar-refractivity contribution in [2.24, 2.45) is 23.0 Å². The Bertz CT molecular complexity index is 205. The van der Waals surface area contributed by atoms with Crippen molar-refractivity contribution in [1.29, 1.82) is 0 Å². The Hall–Kier alpha value is -0.570. The second kappa shape index (κ2) is 3.66. The van der Waals surface area contributed by atoms with E-state index in [1.807, 2.05) is 0 Å². The molecule has 3 N–H and O–H groups in total. The average molecular weight is 185 g/mol. The lowest BCUT2D eigenvalue weighted by Crippen LogP contribution is -2.27. The molecule has 3 atom stereocenters. The molecule has 0 heterocycles. The molecule has 0 bridgehead atoms. The summed E-state index contributed by atoms with van der Waals surface area (Å²) in [4.78, 5) is 10.9. The van der Waals surface area contributed by atoms with Crippen LogP contribution in [0.25, 0.3) is 0 Å². The maximum Gasteiger partial charge on any atom is 0.311 e. The van der Waals surface area contributed by atoms with Gasteiger partial charge in [0.1, 0.15) is 0 Å². The maximum absolute atomic E-state index is 10.9. The Labute approximate surface area is 79.3 Å². The van der Waals surface area contributed by atoms with Gasteiger partial charge in [0.2, 0.25) is 0 Å². The van der Waals surface area contributed by atoms with E-state index in [4.69, 9.17) is 10.8 Å². The Morgan fingerprint density at radius 2 is 2.38 bits per heavy atom. The fraction of sp³-hybridized carbons (Fsp3) is 0.900. The van der Waals surface area contributed by atoms with Crippen LogP contribution in [0.1, 0.15) is 33.1 Å². The predicted octanol–water partition coefficient (Wildman–Crippen LogP) is 1.47. The fourth-order valence-corrected chi connectivity index (χ4v) is 1.94. The van der Waals surface area contributed by atoms with Crippen LogP contribution in [0.4, 0.5) is 0 Å². The zero-order chi connectivity index (χ0) is 10.1. The standard InChI is InChI=1S/C10H19NO2/c1-3-7(2)4-8-5-10(8,6-11)9(12)13/h7-8H,3-6,11H2,1-2H3,(H,12,13). The molecule has 0 aromatic heterocycles. The molecule has 0 aliphatic heterocycles. The normalized spacial score (nSPS) is 34.2. The Morgan fingerprint density at radius 1 is 1.77 bits per heavy atom. The van der Waals surface area contributed by atoms with Gasteiger partial charge in [0.15, 0.2) is 0 Å². The van der Waals surface area contributed by atoms with Crippen molar-refractivity contribution in [1.82, 2.24) is 0 Å². The summed E-state index contributed by atoms with van der Waals surface area (Å²) in [6.45, 7) is 4.60. The van der Waals surface area contributed by atoms with E-state index in [0.717, 1.165) is 19.3 Å². The summed E-state index contributed by atoms with van der Waals surface area (Å²) in [6, 6.07) is 0. The molecule has 0 spiro atoms. The summed E-state index contributed by atoms with van der Waals surface area (Å²) in [5, 5.41) is 8.98. The van der Waals surface area contributed by atoms with Gasteiger partial charge >= 0.3 is 5.97 Å². The van der Waals surface area contributed by atoms with E-state index in [2.05, 4.69) is 13.8 Å². The molecule has 3 nitrogen and oxygen atoms in total. The molecule has 1 aliphatic rings. The molecule has 0 radical (unpaired) electrons. The number of aliphatic carboxylic acids is 1. The van der Waals surface area contributed by atoms with Crippen molar-refractivity contribution in [2.75, 3.05) is 6.54 Å². The summed E-state index contributed by atoms with van der Waals surface area (Å²) >= 11 is 0. The van der Waals surface area contributed by atoms with Gasteiger partial charge in [-0.25, -0.2) is 0 Å². The quantitative estimate of drug-likeness (QED) is 0.681. The van der Waals surface area contributed by atoms with Crippen molar-refractivity contribution >= 4 is 5.97 Å². The minimum Gasteiger partial charge on any atom is -0.481 e. The molecule has 0 aromatic rings. The predicted molar refractivity (Wildman–Crippen MR) is 51.3 cm³/mol. The van der Waals surface area contributed by atoms with Gasteiger partial charge in [0.25, 0.3) is 0 Å². The number of rotatable bonds is 5. The van der Waals surface area contributed by atoms with Crippen molar-refractivity contribution in [2.45, 2.75) is 33.1 Å². The lowest BCUT2D eigenvalue weighted by Gasteiger charge is -2.11. The SMILES string of the molecule is CCC(C)CC1CC1(CN)C(=O)O. The highest BCUT2D eigenvalue weighted by Crippen LogP contribution is 2.55. The Morgan fingerprint density at radius 3 is 2.69 bits per heavy atom. The first-order valence-corrected chi connectivity index (χ1v) is 5.00. The number of carboxylic acids is 1. The molecule has 3 heteroatoms. The smallest absolute Gasteiger partial charge is 0.311 e. The highest BCUT2D eigenvalue weighted by molar-refractivity contribution is 5.78. The molecule has 13 heavy (non-hydrogen) atoms. The van der Waals surface area contributed by atoms with Crippen molar-refractivity contribution in [3.05, 3.63) is 0 Å². The number of hydrogen-bond donors (Lipinski definition) is 2. The average Bonchev–Trinajstić information content (AvgIpc) is 2.79. The summed E-state index contributed by atoms with van der Waals surface area (Å²) in [5.74, 6) is 0.242. The third-order valence-corrected chi connectivity index (χ3v) is 3.41. The van der Waals surface area contributed by atoms with Crippen LogP contribution in [0.3, 0.4) is 0 Å². The summed E-state index contributed by atoms with van der Waals surface area (Å²) in [6.07, 6.45) is 2.92. The number of nitrogens with two attached hydrogens (primary N) is 1. The van der Waals surface area contributed by atoms with Gasteiger partial charge < -0.3 is 10.8 Å². The summed E-state index contributed by atoms with van der Waals surface area (Å²) in [7, 11) is 0. The second-order valence-electron chi connectivity index (χ2n) is 4.32. The minimum absolute atomic E-state index is 0.295. The monoisotopic (exact) mass is 185 g/mol. The van der Waals surface area contributed by atoms with Crippen LogP contribution in [0, 0.1) is 17.3 Å². The van der Waals surface area contributed by atoms with Gasteiger partial charge in [-0.15, -0.1) is 0 Å². The molecular formula is C10H19NO2. The summed E-state index contributed by atoms with van der Waals surface area (Å²) < 4.78 is 0. The van der Waals surface area contributed by atoms with Gasteiger partial charge in [-0.1, -0.05) is 20.3 Å². The van der Waals surface area contributed by atoms with Gasteiger partial charge in [0.05, 0.1) is 5.41 Å². The molecular weight excluding hydrogens is 166 g/mol. The number of carbonyl (C=O) groups is 1. The van der Waals surface area contributed by atoms with Crippen LogP contribution in [0.5, 0.6) is 0 Å². The van der Waals surface area contributed by atoms with E-state index in [9.17, 15) is 4.79 Å². The van der Waals surface area contributed by atoms with Gasteiger partial charge in [0, 0.05) is 6.54 Å². The first-order valence-electron chi connectivity index (χ1n) is 5.00. The van der Waals surface area contributed by atoms with E-state index in [1.165, 1.54) is 0 Å². The third-order valence-electron chi connectivity index (χ3n) is 3.41. The highest BCUT2D eigenvalue weighted by atomic mass is 16.4. The van der Waals surface area contributed by atoms with E-state index >= 15 is 0 Å². The molecule has 1 aliphatic carbocycles. The zero-order valence-electron chi connectivity index (χ0n) is 8.42. The fourth-order valence-electron chi connectivity index (χ4n) is 1.94. The van der Waals surface area contributed by atoms with E-state index in [1.54, 1.807) is 0 Å². The number of hydrogen-bond acceptors (Lipinski definition) is 2. The zero-order valence-corrected chi connectivity index (χ0v) is 8.42. The topological polar surface area (TPSA) is 63.3 Å². The van der Waals surface area contributed by atoms with Crippen LogP contribution >= 0.6 is 0 Å². The van der Waals surface area contributed by atoms with Crippen LogP contribution in [0.15, 0.2) is 0 Å². The first kappa shape index (κ1) is 10.5. The molecule has 0 amide bonds. The van der Waals surface area contributed by atoms with Crippen LogP contribution in [-0.4, -0.2) is 17.6 Å². The summed E-state index contributed by atoms with van der Waals surface area (Å²) in [5.41, 5.74) is 4.93. The van der Waals surface area contributed by atoms with Gasteiger partial charge in [-0.3, -0.25) is 4.79 Å². The van der Waals surface area contributed by atoms with E-state index in [0.29, 0.717) is 18.4 Å². The first-order chi connectivity index (χ1) is 6.06. The second-order valence-corrected chi connectivity index (χ2v) is 4.32. The molecule has 0 saturated heterocycles. The van der Waals surface area contributed by atoms with Gasteiger partial charge in [-0.05, 0) is 24.7 Å². The Balaban J connectivity index is 2.46. The van der Waals surface area contributed by atoms with Crippen molar-refractivity contribution < 1.29 is 9.90 Å². The molecule has 3 unspecified atom stereocenters. The molecule has 0 aromatic carbocycles. The largest absolute Gasteiger partial charge is 0.481 e. The molecule has 1 fully saturated rings. The highest BCUT2D eigenvalue weighted by Gasteiger charge is 2.59. The number of carboxylic acid groups (broad SMARTS) is 1. The van der Waals surface area contributed by atoms with Gasteiger partial charge in [-0.2, -0.15) is 0 Å². The maximum atomic E-state index is 10.9. The van der Waals surface area contributed by atoms with Crippen LogP contribution < -0.4 is 5.73 Å². The lowest BCUT2D eigenvalue weighted by atomic mass is 9.95. The Kier molecular flexibility index (Phi) is 2.96. The molecule has 76 valence electrons. The molecule has 1 saturated carbocycles. The van der Waals surface area contributed by atoms with E-state index in [-0.39, 0.29) is 0 Å². The molecule has 1 rings (SSSR count). The van der Waals surface area contributed by atoms with Crippen molar-refractivity contribution in [3.63, 3.8) is 0 Å². The minimum atomic E-state index is -0.705. The lowest BCUT2D eigenvalue weighted by molar-refractivity contribution is -0.143. The van der Waals surface area contributed by atoms with E-state index < -0.39 is 11.4 Å².